The zero-order valence-electron chi connectivity index (χ0n) is 13.2. The minimum Gasteiger partial charge on any atom is -0.379 e. The molecule has 0 N–H and O–H groups in total. The van der Waals surface area contributed by atoms with Crippen LogP contribution in [0.2, 0.25) is 0 Å². The molecule has 0 aromatic rings. The Morgan fingerprint density at radius 2 is 2.20 bits per heavy atom. The standard InChI is InChI=1S/C17H27ClO2/c1-13(6-5-9-17(2,3)20-4)10-14-7-8-15(11-14)12-16(18)19/h11-13H,5-10H2,1-4H3. The highest BCUT2D eigenvalue weighted by atomic mass is 35.5. The molecule has 0 fully saturated rings. The van der Waals surface area contributed by atoms with Crippen molar-refractivity contribution in [2.24, 2.45) is 5.92 Å². The van der Waals surface area contributed by atoms with Gasteiger partial charge in [0.05, 0.1) is 5.60 Å². The molecule has 3 heteroatoms. The smallest absolute Gasteiger partial charge is 0.245 e. The van der Waals surface area contributed by atoms with E-state index in [0.29, 0.717) is 5.92 Å². The summed E-state index contributed by atoms with van der Waals surface area (Å²) in [4.78, 5) is 10.8. The van der Waals surface area contributed by atoms with Crippen LogP contribution in [0.4, 0.5) is 0 Å². The van der Waals surface area contributed by atoms with Gasteiger partial charge in [-0.1, -0.05) is 31.4 Å². The molecule has 0 spiro atoms. The van der Waals surface area contributed by atoms with E-state index >= 15 is 0 Å². The van der Waals surface area contributed by atoms with Crippen LogP contribution in [-0.2, 0) is 9.53 Å². The molecule has 1 atom stereocenters. The Hall–Kier alpha value is -0.600. The van der Waals surface area contributed by atoms with Crippen LogP contribution in [0.3, 0.4) is 0 Å². The highest BCUT2D eigenvalue weighted by Gasteiger charge is 2.17. The number of allylic oxidation sites excluding steroid dienone is 4. The SMILES string of the molecule is COC(C)(C)CCCC(C)CC1=CC(=CC(=O)Cl)CC1. The molecular weight excluding hydrogens is 272 g/mol. The third-order valence-electron chi connectivity index (χ3n) is 4.06. The molecule has 2 nitrogen and oxygen atoms in total. The van der Waals surface area contributed by atoms with Crippen molar-refractivity contribution in [3.8, 4) is 0 Å². The van der Waals surface area contributed by atoms with Gasteiger partial charge < -0.3 is 4.74 Å². The second-order valence-electron chi connectivity index (χ2n) is 6.49. The Bertz CT molecular complexity index is 394. The van der Waals surface area contributed by atoms with Gasteiger partial charge in [-0.15, -0.1) is 0 Å². The second-order valence-corrected chi connectivity index (χ2v) is 6.86. The van der Waals surface area contributed by atoms with Crippen LogP contribution in [-0.4, -0.2) is 18.0 Å². The molecule has 0 aromatic carbocycles. The molecule has 0 amide bonds. The molecule has 0 radical (unpaired) electrons. The molecule has 0 aromatic heterocycles. The van der Waals surface area contributed by atoms with Gasteiger partial charge in [-0.3, -0.25) is 4.79 Å². The van der Waals surface area contributed by atoms with Crippen molar-refractivity contribution in [2.45, 2.75) is 64.9 Å². The third-order valence-corrected chi connectivity index (χ3v) is 4.17. The first-order chi connectivity index (χ1) is 9.32. The fourth-order valence-electron chi connectivity index (χ4n) is 2.66. The molecule has 114 valence electrons. The van der Waals surface area contributed by atoms with E-state index in [-0.39, 0.29) is 10.8 Å². The van der Waals surface area contributed by atoms with Crippen LogP contribution in [0.15, 0.2) is 23.3 Å². The van der Waals surface area contributed by atoms with Crippen molar-refractivity contribution in [1.29, 1.82) is 0 Å². The first kappa shape index (κ1) is 17.5. The van der Waals surface area contributed by atoms with E-state index < -0.39 is 0 Å². The van der Waals surface area contributed by atoms with Crippen molar-refractivity contribution < 1.29 is 9.53 Å². The van der Waals surface area contributed by atoms with Gasteiger partial charge in [-0.25, -0.2) is 0 Å². The largest absolute Gasteiger partial charge is 0.379 e. The highest BCUT2D eigenvalue weighted by molar-refractivity contribution is 6.66. The summed E-state index contributed by atoms with van der Waals surface area (Å²) in [5, 5.41) is -0.368. The second kappa shape index (κ2) is 7.99. The predicted molar refractivity (Wildman–Crippen MR) is 85.0 cm³/mol. The fourth-order valence-corrected chi connectivity index (χ4v) is 2.80. The molecule has 0 saturated heterocycles. The van der Waals surface area contributed by atoms with E-state index in [2.05, 4.69) is 26.8 Å². The van der Waals surface area contributed by atoms with Crippen LogP contribution in [0.25, 0.3) is 0 Å². The minimum atomic E-state index is -0.368. The lowest BCUT2D eigenvalue weighted by Crippen LogP contribution is -2.22. The number of rotatable bonds is 8. The van der Waals surface area contributed by atoms with Crippen LogP contribution in [0, 0.1) is 5.92 Å². The average Bonchev–Trinajstić information content (AvgIpc) is 2.75. The lowest BCUT2D eigenvalue weighted by atomic mass is 9.92. The molecule has 1 aliphatic carbocycles. The number of halogens is 1. The Morgan fingerprint density at radius 1 is 1.50 bits per heavy atom. The summed E-state index contributed by atoms with van der Waals surface area (Å²) in [6, 6.07) is 0. The first-order valence-corrected chi connectivity index (χ1v) is 7.85. The van der Waals surface area contributed by atoms with E-state index in [1.54, 1.807) is 13.2 Å². The van der Waals surface area contributed by atoms with Gasteiger partial charge in [-0.2, -0.15) is 0 Å². The topological polar surface area (TPSA) is 26.3 Å². The third kappa shape index (κ3) is 6.71. The van der Waals surface area contributed by atoms with Crippen molar-refractivity contribution in [1.82, 2.24) is 0 Å². The van der Waals surface area contributed by atoms with Gasteiger partial charge in [0.15, 0.2) is 0 Å². The van der Waals surface area contributed by atoms with E-state index in [0.717, 1.165) is 31.3 Å². The average molecular weight is 299 g/mol. The number of ether oxygens (including phenoxy) is 1. The van der Waals surface area contributed by atoms with E-state index in [9.17, 15) is 4.79 Å². The normalized spacial score (nSPS) is 19.2. The van der Waals surface area contributed by atoms with Crippen LogP contribution in [0.5, 0.6) is 0 Å². The fraction of sp³-hybridized carbons (Fsp3) is 0.706. The van der Waals surface area contributed by atoms with Gasteiger partial charge in [0.25, 0.3) is 0 Å². The summed E-state index contributed by atoms with van der Waals surface area (Å²) < 4.78 is 5.44. The molecule has 0 heterocycles. The molecular formula is C17H27ClO2. The first-order valence-electron chi connectivity index (χ1n) is 7.47. The highest BCUT2D eigenvalue weighted by Crippen LogP contribution is 2.30. The summed E-state index contributed by atoms with van der Waals surface area (Å²) in [5.74, 6) is 0.681. The molecule has 1 aliphatic rings. The van der Waals surface area contributed by atoms with Crippen molar-refractivity contribution >= 4 is 16.8 Å². The molecule has 0 bridgehead atoms. The molecule has 1 unspecified atom stereocenters. The monoisotopic (exact) mass is 298 g/mol. The summed E-state index contributed by atoms with van der Waals surface area (Å²) in [6.07, 6.45) is 10.4. The number of hydrogen-bond donors (Lipinski definition) is 0. The Kier molecular flexibility index (Phi) is 6.97. The zero-order valence-corrected chi connectivity index (χ0v) is 13.9. The van der Waals surface area contributed by atoms with Gasteiger partial charge in [0.2, 0.25) is 5.24 Å². The Balaban J connectivity index is 2.33. The number of carbonyl (C=O) groups excluding carboxylic acids is 1. The lowest BCUT2D eigenvalue weighted by molar-refractivity contribution is -0.107. The molecule has 20 heavy (non-hydrogen) atoms. The summed E-state index contributed by atoms with van der Waals surface area (Å²) in [5.41, 5.74) is 2.52. The molecule has 0 saturated carbocycles. The lowest BCUT2D eigenvalue weighted by Gasteiger charge is -2.23. The maximum Gasteiger partial charge on any atom is 0.245 e. The van der Waals surface area contributed by atoms with Gasteiger partial charge in [-0.05, 0) is 62.6 Å². The van der Waals surface area contributed by atoms with Crippen LogP contribution < -0.4 is 0 Å². The Labute approximate surface area is 128 Å². The summed E-state index contributed by atoms with van der Waals surface area (Å²) >= 11 is 5.38. The predicted octanol–water partition coefficient (Wildman–Crippen LogP) is 5.02. The minimum absolute atomic E-state index is 0.0109. The quantitative estimate of drug-likeness (QED) is 0.464. The van der Waals surface area contributed by atoms with Crippen LogP contribution in [0.1, 0.15) is 59.3 Å². The molecule has 0 aliphatic heterocycles. The van der Waals surface area contributed by atoms with E-state index in [1.165, 1.54) is 18.4 Å². The van der Waals surface area contributed by atoms with Crippen LogP contribution >= 0.6 is 11.6 Å². The summed E-state index contributed by atoms with van der Waals surface area (Å²) in [6.45, 7) is 6.57. The van der Waals surface area contributed by atoms with Gasteiger partial charge in [0.1, 0.15) is 0 Å². The van der Waals surface area contributed by atoms with Gasteiger partial charge in [0, 0.05) is 13.2 Å². The van der Waals surface area contributed by atoms with Gasteiger partial charge >= 0.3 is 0 Å². The van der Waals surface area contributed by atoms with E-state index in [4.69, 9.17) is 16.3 Å². The maximum absolute atomic E-state index is 10.8. The van der Waals surface area contributed by atoms with Crippen molar-refractivity contribution in [2.75, 3.05) is 7.11 Å². The molecule has 1 rings (SSSR count). The van der Waals surface area contributed by atoms with E-state index in [1.807, 2.05) is 0 Å². The number of hydrogen-bond acceptors (Lipinski definition) is 2. The summed E-state index contributed by atoms with van der Waals surface area (Å²) in [7, 11) is 1.78. The maximum atomic E-state index is 10.8. The zero-order chi connectivity index (χ0) is 15.2. The Morgan fingerprint density at radius 3 is 2.80 bits per heavy atom. The number of methoxy groups -OCH3 is 1. The van der Waals surface area contributed by atoms with Crippen molar-refractivity contribution in [3.05, 3.63) is 23.3 Å². The van der Waals surface area contributed by atoms with Crippen molar-refractivity contribution in [3.63, 3.8) is 0 Å². The number of carbonyl (C=O) groups is 1.